The van der Waals surface area contributed by atoms with E-state index in [1.807, 2.05) is 24.3 Å². The van der Waals surface area contributed by atoms with Crippen molar-refractivity contribution in [2.45, 2.75) is 25.7 Å². The second-order valence-electron chi connectivity index (χ2n) is 5.86. The van der Waals surface area contributed by atoms with Crippen LogP contribution in [0.5, 0.6) is 0 Å². The van der Waals surface area contributed by atoms with Crippen molar-refractivity contribution in [1.29, 1.82) is 0 Å². The molecule has 0 aliphatic heterocycles. The fourth-order valence-electron chi connectivity index (χ4n) is 2.72. The van der Waals surface area contributed by atoms with Crippen molar-refractivity contribution in [1.82, 2.24) is 9.97 Å². The van der Waals surface area contributed by atoms with E-state index < -0.39 is 0 Å². The van der Waals surface area contributed by atoms with E-state index in [-0.39, 0.29) is 5.78 Å². The van der Waals surface area contributed by atoms with E-state index in [0.717, 1.165) is 18.4 Å². The SMILES string of the molecule is O=C(CCCc1ccc(-c2ccncc2)cc1)Cc1cccnc1. The Kier molecular flexibility index (Phi) is 5.46. The molecule has 3 rings (SSSR count). The second-order valence-corrected chi connectivity index (χ2v) is 5.86. The first-order chi connectivity index (χ1) is 11.8. The Balaban J connectivity index is 1.48. The summed E-state index contributed by atoms with van der Waals surface area (Å²) in [6.45, 7) is 0. The van der Waals surface area contributed by atoms with Crippen LogP contribution in [0.25, 0.3) is 11.1 Å². The van der Waals surface area contributed by atoms with Crippen LogP contribution in [-0.2, 0) is 17.6 Å². The van der Waals surface area contributed by atoms with E-state index in [0.29, 0.717) is 12.8 Å². The molecule has 3 heteroatoms. The van der Waals surface area contributed by atoms with Crippen molar-refractivity contribution in [3.05, 3.63) is 84.4 Å². The molecular weight excluding hydrogens is 296 g/mol. The van der Waals surface area contributed by atoms with Crippen molar-refractivity contribution in [2.75, 3.05) is 0 Å². The molecule has 3 nitrogen and oxygen atoms in total. The van der Waals surface area contributed by atoms with Gasteiger partial charge in [0.15, 0.2) is 0 Å². The van der Waals surface area contributed by atoms with Crippen molar-refractivity contribution in [3.63, 3.8) is 0 Å². The topological polar surface area (TPSA) is 42.9 Å². The highest BCUT2D eigenvalue weighted by molar-refractivity contribution is 5.80. The number of hydrogen-bond acceptors (Lipinski definition) is 3. The summed E-state index contributed by atoms with van der Waals surface area (Å²) in [6, 6.07) is 16.4. The van der Waals surface area contributed by atoms with Crippen molar-refractivity contribution in [3.8, 4) is 11.1 Å². The van der Waals surface area contributed by atoms with Crippen LogP contribution in [0.1, 0.15) is 24.0 Å². The molecule has 0 bridgehead atoms. The zero-order chi connectivity index (χ0) is 16.6. The van der Waals surface area contributed by atoms with E-state index >= 15 is 0 Å². The Morgan fingerprint density at radius 2 is 1.54 bits per heavy atom. The van der Waals surface area contributed by atoms with E-state index in [1.54, 1.807) is 24.8 Å². The molecule has 0 atom stereocenters. The quantitative estimate of drug-likeness (QED) is 0.653. The molecule has 120 valence electrons. The van der Waals surface area contributed by atoms with E-state index in [2.05, 4.69) is 34.2 Å². The number of pyridine rings is 2. The lowest BCUT2D eigenvalue weighted by Gasteiger charge is -2.05. The third-order valence-electron chi connectivity index (χ3n) is 4.01. The van der Waals surface area contributed by atoms with Gasteiger partial charge in [0.1, 0.15) is 5.78 Å². The Morgan fingerprint density at radius 3 is 2.25 bits per heavy atom. The summed E-state index contributed by atoms with van der Waals surface area (Å²) in [5, 5.41) is 0. The summed E-state index contributed by atoms with van der Waals surface area (Å²) >= 11 is 0. The van der Waals surface area contributed by atoms with Gasteiger partial charge in [0.2, 0.25) is 0 Å². The van der Waals surface area contributed by atoms with Gasteiger partial charge >= 0.3 is 0 Å². The summed E-state index contributed by atoms with van der Waals surface area (Å²) in [5.74, 6) is 0.274. The molecule has 24 heavy (non-hydrogen) atoms. The van der Waals surface area contributed by atoms with Gasteiger partial charge in [-0.3, -0.25) is 14.8 Å². The molecule has 0 saturated heterocycles. The predicted octanol–water partition coefficient (Wildman–Crippen LogP) is 4.28. The van der Waals surface area contributed by atoms with Gasteiger partial charge in [0, 0.05) is 37.6 Å². The number of carbonyl (C=O) groups is 1. The molecule has 2 aromatic heterocycles. The number of benzene rings is 1. The first-order valence-corrected chi connectivity index (χ1v) is 8.21. The van der Waals surface area contributed by atoms with Crippen molar-refractivity contribution in [2.24, 2.45) is 0 Å². The number of ketones is 1. The van der Waals surface area contributed by atoms with Crippen LogP contribution in [0.15, 0.2) is 73.3 Å². The van der Waals surface area contributed by atoms with Crippen molar-refractivity contribution < 1.29 is 4.79 Å². The maximum atomic E-state index is 12.0. The van der Waals surface area contributed by atoms with Gasteiger partial charge in [-0.05, 0) is 53.3 Å². The number of aromatic nitrogens is 2. The molecule has 0 radical (unpaired) electrons. The largest absolute Gasteiger partial charge is 0.299 e. The van der Waals surface area contributed by atoms with Crippen LogP contribution in [0.2, 0.25) is 0 Å². The fourth-order valence-corrected chi connectivity index (χ4v) is 2.72. The summed E-state index contributed by atoms with van der Waals surface area (Å²) < 4.78 is 0. The highest BCUT2D eigenvalue weighted by Crippen LogP contribution is 2.19. The number of carbonyl (C=O) groups excluding carboxylic acids is 1. The van der Waals surface area contributed by atoms with Gasteiger partial charge in [0.25, 0.3) is 0 Å². The maximum Gasteiger partial charge on any atom is 0.137 e. The zero-order valence-corrected chi connectivity index (χ0v) is 13.6. The molecule has 0 saturated carbocycles. The standard InChI is InChI=1S/C21H20N2O/c24-21(15-18-4-2-12-23-16-18)5-1-3-17-6-8-19(9-7-17)20-10-13-22-14-11-20/h2,4,6-14,16H,1,3,5,15H2. The molecule has 0 unspecified atom stereocenters. The first-order valence-electron chi connectivity index (χ1n) is 8.21. The summed E-state index contributed by atoms with van der Waals surface area (Å²) in [5.41, 5.74) is 4.61. The second kappa shape index (κ2) is 8.16. The molecule has 0 fully saturated rings. The van der Waals surface area contributed by atoms with Gasteiger partial charge < -0.3 is 0 Å². The normalized spacial score (nSPS) is 10.5. The van der Waals surface area contributed by atoms with Gasteiger partial charge in [-0.2, -0.15) is 0 Å². The lowest BCUT2D eigenvalue weighted by Crippen LogP contribution is -2.03. The fraction of sp³-hybridized carbons (Fsp3) is 0.190. The Bertz CT molecular complexity index is 768. The molecule has 0 spiro atoms. The van der Waals surface area contributed by atoms with Crippen molar-refractivity contribution >= 4 is 5.78 Å². The van der Waals surface area contributed by atoms with Gasteiger partial charge in [-0.1, -0.05) is 30.3 Å². The van der Waals surface area contributed by atoms with Gasteiger partial charge in [0.05, 0.1) is 0 Å². The maximum absolute atomic E-state index is 12.0. The molecule has 0 aliphatic carbocycles. The van der Waals surface area contributed by atoms with Crippen LogP contribution >= 0.6 is 0 Å². The third-order valence-corrected chi connectivity index (χ3v) is 4.01. The Morgan fingerprint density at radius 1 is 0.792 bits per heavy atom. The number of nitrogens with zero attached hydrogens (tertiary/aromatic N) is 2. The lowest BCUT2D eigenvalue weighted by molar-refractivity contribution is -0.118. The molecule has 0 aliphatic rings. The molecule has 0 N–H and O–H groups in total. The lowest BCUT2D eigenvalue weighted by atomic mass is 10.0. The van der Waals surface area contributed by atoms with E-state index in [4.69, 9.17) is 0 Å². The summed E-state index contributed by atoms with van der Waals surface area (Å²) in [4.78, 5) is 20.1. The first kappa shape index (κ1) is 16.1. The summed E-state index contributed by atoms with van der Waals surface area (Å²) in [6.07, 6.45) is 9.99. The Hall–Kier alpha value is -2.81. The average molecular weight is 316 g/mol. The van der Waals surface area contributed by atoms with Crippen LogP contribution < -0.4 is 0 Å². The minimum Gasteiger partial charge on any atom is -0.299 e. The van der Waals surface area contributed by atoms with Gasteiger partial charge in [-0.15, -0.1) is 0 Å². The van der Waals surface area contributed by atoms with E-state index in [1.165, 1.54) is 16.7 Å². The molecule has 1 aromatic carbocycles. The number of aryl methyl sites for hydroxylation is 1. The molecule has 2 heterocycles. The average Bonchev–Trinajstić information content (AvgIpc) is 2.64. The van der Waals surface area contributed by atoms with Gasteiger partial charge in [-0.25, -0.2) is 0 Å². The molecule has 0 amide bonds. The van der Waals surface area contributed by atoms with Crippen LogP contribution in [-0.4, -0.2) is 15.8 Å². The van der Waals surface area contributed by atoms with Crippen LogP contribution in [0, 0.1) is 0 Å². The minimum atomic E-state index is 0.274. The highest BCUT2D eigenvalue weighted by Gasteiger charge is 2.04. The summed E-state index contributed by atoms with van der Waals surface area (Å²) in [7, 11) is 0. The van der Waals surface area contributed by atoms with Crippen LogP contribution in [0.4, 0.5) is 0 Å². The molecular formula is C21H20N2O. The zero-order valence-electron chi connectivity index (χ0n) is 13.6. The predicted molar refractivity (Wildman–Crippen MR) is 95.6 cm³/mol. The smallest absolute Gasteiger partial charge is 0.137 e. The monoisotopic (exact) mass is 316 g/mol. The number of hydrogen-bond donors (Lipinski definition) is 0. The minimum absolute atomic E-state index is 0.274. The third kappa shape index (κ3) is 4.59. The highest BCUT2D eigenvalue weighted by atomic mass is 16.1. The number of rotatable bonds is 7. The number of Topliss-reactive ketones (excluding diaryl/α,β-unsaturated/α-hetero) is 1. The Labute approximate surface area is 142 Å². The van der Waals surface area contributed by atoms with E-state index in [9.17, 15) is 4.79 Å². The molecule has 3 aromatic rings. The van der Waals surface area contributed by atoms with Crippen LogP contribution in [0.3, 0.4) is 0 Å².